The Kier molecular flexibility index (Phi) is 2.69. The van der Waals surface area contributed by atoms with E-state index in [1.807, 2.05) is 0 Å². The van der Waals surface area contributed by atoms with Gasteiger partial charge in [-0.2, -0.15) is 17.2 Å². The molecule has 0 saturated carbocycles. The van der Waals surface area contributed by atoms with Crippen molar-refractivity contribution in [2.24, 2.45) is 0 Å². The van der Waals surface area contributed by atoms with Gasteiger partial charge in [-0.25, -0.2) is 0 Å². The molecule has 0 aromatic carbocycles. The largest absolute Gasteiger partial charge is 0.354 e. The number of hydrogen-bond donors (Lipinski definition) is 2. The first-order valence-corrected chi connectivity index (χ1v) is 3.87. The topological polar surface area (TPSA) is 74.6 Å². The number of alkyl halides is 2. The van der Waals surface area contributed by atoms with E-state index in [1.54, 1.807) is 0 Å². The van der Waals surface area contributed by atoms with Gasteiger partial charge in [-0.3, -0.25) is 4.55 Å². The lowest BCUT2D eigenvalue weighted by Gasteiger charge is -2.05. The van der Waals surface area contributed by atoms with Crippen molar-refractivity contribution in [1.82, 2.24) is 0 Å². The number of hydrogen-bond acceptors (Lipinski definition) is 3. The van der Waals surface area contributed by atoms with E-state index in [-0.39, 0.29) is 0 Å². The van der Waals surface area contributed by atoms with Gasteiger partial charge in [0.2, 0.25) is 0 Å². The third-order valence-corrected chi connectivity index (χ3v) is 1.38. The highest BCUT2D eigenvalue weighted by Gasteiger charge is 2.26. The Balaban J connectivity index is 3.79. The third-order valence-electron chi connectivity index (χ3n) is 0.661. The van der Waals surface area contributed by atoms with Crippen molar-refractivity contribution in [3.05, 3.63) is 0 Å². The molecule has 2 N–H and O–H groups in total. The Labute approximate surface area is 56.2 Å². The van der Waals surface area contributed by atoms with E-state index in [4.69, 9.17) is 9.66 Å². The molecule has 0 radical (unpaired) electrons. The molecule has 0 aromatic rings. The van der Waals surface area contributed by atoms with Crippen LogP contribution < -0.4 is 0 Å². The molecule has 0 aliphatic carbocycles. The molecule has 7 heteroatoms. The van der Waals surface area contributed by atoms with Crippen LogP contribution in [0.4, 0.5) is 8.78 Å². The summed E-state index contributed by atoms with van der Waals surface area (Å²) in [6.45, 7) is 0. The predicted octanol–water partition coefficient (Wildman–Crippen LogP) is -0.151. The summed E-state index contributed by atoms with van der Waals surface area (Å²) in [6, 6.07) is 0. The van der Waals surface area contributed by atoms with E-state index >= 15 is 0 Å². The molecule has 0 saturated heterocycles. The summed E-state index contributed by atoms with van der Waals surface area (Å²) in [5, 5.41) is 7.67. The normalized spacial score (nSPS) is 13.6. The zero-order valence-corrected chi connectivity index (χ0v) is 5.61. The fourth-order valence-electron chi connectivity index (χ4n) is 0.252. The number of halogens is 2. The molecule has 0 unspecified atom stereocenters. The fraction of sp³-hybridized carbons (Fsp3) is 1.00. The molecule has 0 aliphatic heterocycles. The maximum Gasteiger partial charge on any atom is 0.354 e. The highest BCUT2D eigenvalue weighted by atomic mass is 32.2. The molecule has 0 heterocycles. The minimum atomic E-state index is -4.40. The fourth-order valence-corrected chi connectivity index (χ4v) is 0.755. The lowest BCUT2D eigenvalue weighted by molar-refractivity contribution is -0.199. The minimum absolute atomic E-state index is 1.14. The molecule has 62 valence electrons. The Morgan fingerprint density at radius 2 is 1.80 bits per heavy atom. The second-order valence-corrected chi connectivity index (χ2v) is 3.27. The average Bonchev–Trinajstić information content (AvgIpc) is 1.57. The molecule has 4 nitrogen and oxygen atoms in total. The zero-order valence-electron chi connectivity index (χ0n) is 4.79. The van der Waals surface area contributed by atoms with Crippen LogP contribution in [0.2, 0.25) is 0 Å². The summed E-state index contributed by atoms with van der Waals surface area (Å²) >= 11 is 0. The Hall–Kier alpha value is -0.270. The smallest absolute Gasteiger partial charge is 0.336 e. The molecule has 0 bridgehead atoms. The van der Waals surface area contributed by atoms with Crippen LogP contribution in [-0.2, 0) is 10.1 Å². The van der Waals surface area contributed by atoms with Gasteiger partial charge in [-0.05, 0) is 0 Å². The molecule has 10 heavy (non-hydrogen) atoms. The van der Waals surface area contributed by atoms with E-state index in [9.17, 15) is 17.2 Å². The first-order chi connectivity index (χ1) is 4.21. The van der Waals surface area contributed by atoms with Crippen LogP contribution in [-0.4, -0.2) is 29.9 Å². The second kappa shape index (κ2) is 2.77. The van der Waals surface area contributed by atoms with Crippen LogP contribution in [0.3, 0.4) is 0 Å². The van der Waals surface area contributed by atoms with Crippen LogP contribution in [0.15, 0.2) is 0 Å². The summed E-state index contributed by atoms with van der Waals surface area (Å²) in [7, 11) is -4.40. The first-order valence-electron chi connectivity index (χ1n) is 2.26. The molecular weight excluding hydrogens is 170 g/mol. The van der Waals surface area contributed by atoms with Crippen LogP contribution >= 0.6 is 0 Å². The van der Waals surface area contributed by atoms with Gasteiger partial charge < -0.3 is 5.11 Å². The maximum atomic E-state index is 11.4. The van der Waals surface area contributed by atoms with Crippen molar-refractivity contribution in [3.8, 4) is 0 Å². The number of rotatable bonds is 3. The lowest BCUT2D eigenvalue weighted by atomic mass is 10.5. The van der Waals surface area contributed by atoms with E-state index in [0.717, 1.165) is 0 Å². The predicted molar refractivity (Wildman–Crippen MR) is 28.2 cm³/mol. The molecule has 0 aromatic heterocycles. The highest BCUT2D eigenvalue weighted by molar-refractivity contribution is 7.85. The molecule has 0 aliphatic rings. The maximum absolute atomic E-state index is 11.4. The minimum Gasteiger partial charge on any atom is -0.336 e. The summed E-state index contributed by atoms with van der Waals surface area (Å²) in [6.07, 6.45) is -5.32. The highest BCUT2D eigenvalue weighted by Crippen LogP contribution is 2.13. The Morgan fingerprint density at radius 3 is 1.90 bits per heavy atom. The third kappa shape index (κ3) is 7.73. The van der Waals surface area contributed by atoms with Crippen molar-refractivity contribution in [1.29, 1.82) is 0 Å². The van der Waals surface area contributed by atoms with Crippen molar-refractivity contribution < 1.29 is 26.9 Å². The van der Waals surface area contributed by atoms with Gasteiger partial charge in [-0.1, -0.05) is 0 Å². The van der Waals surface area contributed by atoms with E-state index in [2.05, 4.69) is 0 Å². The summed E-state index contributed by atoms with van der Waals surface area (Å²) in [5.41, 5.74) is 0. The number of aliphatic hydroxyl groups is 1. The standard InChI is InChI=1S/C3H6F2O4S/c4-3(5,6)1-2-10(7,8)9/h6H,1-2H2,(H,7,8,9). The summed E-state index contributed by atoms with van der Waals surface area (Å²) in [5.74, 6) is -1.14. The van der Waals surface area contributed by atoms with Gasteiger partial charge in [0.25, 0.3) is 10.1 Å². The lowest BCUT2D eigenvalue weighted by Crippen LogP contribution is -2.19. The first kappa shape index (κ1) is 9.73. The molecule has 0 rings (SSSR count). The van der Waals surface area contributed by atoms with Crippen molar-refractivity contribution in [2.45, 2.75) is 12.5 Å². The van der Waals surface area contributed by atoms with E-state index in [0.29, 0.717) is 0 Å². The summed E-state index contributed by atoms with van der Waals surface area (Å²) in [4.78, 5) is 0. The Morgan fingerprint density at radius 1 is 1.40 bits per heavy atom. The van der Waals surface area contributed by atoms with Crippen molar-refractivity contribution >= 4 is 10.1 Å². The van der Waals surface area contributed by atoms with Gasteiger partial charge in [0.05, 0.1) is 12.2 Å². The molecule has 0 amide bonds. The van der Waals surface area contributed by atoms with Gasteiger partial charge in [0.15, 0.2) is 0 Å². The van der Waals surface area contributed by atoms with Crippen molar-refractivity contribution in [2.75, 3.05) is 5.75 Å². The Bertz CT molecular complexity index is 191. The SMILES string of the molecule is O=S(=O)(O)CCC(O)(F)F. The van der Waals surface area contributed by atoms with Crippen LogP contribution in [0.5, 0.6) is 0 Å². The average molecular weight is 176 g/mol. The van der Waals surface area contributed by atoms with E-state index < -0.39 is 28.4 Å². The van der Waals surface area contributed by atoms with Gasteiger partial charge in [0, 0.05) is 0 Å². The molecule has 0 fully saturated rings. The quantitative estimate of drug-likeness (QED) is 0.586. The van der Waals surface area contributed by atoms with Crippen LogP contribution in [0, 0.1) is 0 Å². The molecule has 0 atom stereocenters. The second-order valence-electron chi connectivity index (χ2n) is 1.70. The van der Waals surface area contributed by atoms with Crippen LogP contribution in [0.1, 0.15) is 6.42 Å². The zero-order chi connectivity index (χ0) is 8.41. The summed E-state index contributed by atoms with van der Waals surface area (Å²) < 4.78 is 50.4. The van der Waals surface area contributed by atoms with Gasteiger partial charge in [0.1, 0.15) is 0 Å². The molecular formula is C3H6F2O4S. The van der Waals surface area contributed by atoms with E-state index in [1.165, 1.54) is 0 Å². The molecule has 0 spiro atoms. The van der Waals surface area contributed by atoms with Crippen molar-refractivity contribution in [3.63, 3.8) is 0 Å². The van der Waals surface area contributed by atoms with Gasteiger partial charge >= 0.3 is 6.11 Å². The monoisotopic (exact) mass is 176 g/mol. The van der Waals surface area contributed by atoms with Gasteiger partial charge in [-0.15, -0.1) is 0 Å². The van der Waals surface area contributed by atoms with Crippen LogP contribution in [0.25, 0.3) is 0 Å².